The van der Waals surface area contributed by atoms with Crippen LogP contribution in [0, 0.1) is 5.92 Å². The molecule has 1 heterocycles. The maximum absolute atomic E-state index is 12.3. The Kier molecular flexibility index (Phi) is 6.96. The first-order chi connectivity index (χ1) is 10.7. The zero-order chi connectivity index (χ0) is 15.8. The zero-order valence-corrected chi connectivity index (χ0v) is 13.4. The molecule has 0 aromatic heterocycles. The van der Waals surface area contributed by atoms with Gasteiger partial charge >= 0.3 is 0 Å². The Bertz CT molecular complexity index is 490. The topological polar surface area (TPSA) is 73.6 Å². The highest BCUT2D eigenvalue weighted by Crippen LogP contribution is 2.23. The molecule has 22 heavy (non-hydrogen) atoms. The average molecular weight is 327 g/mol. The van der Waals surface area contributed by atoms with Crippen LogP contribution in [0.25, 0.3) is 0 Å². The molecule has 1 saturated heterocycles. The van der Waals surface area contributed by atoms with Crippen molar-refractivity contribution < 1.29 is 14.3 Å². The summed E-state index contributed by atoms with van der Waals surface area (Å²) in [4.78, 5) is 12.3. The third-order valence-corrected chi connectivity index (χ3v) is 3.90. The van der Waals surface area contributed by atoms with E-state index < -0.39 is 0 Å². The van der Waals surface area contributed by atoms with Gasteiger partial charge < -0.3 is 20.5 Å². The molecule has 0 saturated carbocycles. The summed E-state index contributed by atoms with van der Waals surface area (Å²) in [6, 6.07) is 5.01. The molecule has 6 heteroatoms. The summed E-state index contributed by atoms with van der Waals surface area (Å²) in [5.74, 6) is 0.972. The molecule has 3 N–H and O–H groups in total. The van der Waals surface area contributed by atoms with Crippen LogP contribution >= 0.6 is 11.6 Å². The summed E-state index contributed by atoms with van der Waals surface area (Å²) in [7, 11) is 0. The van der Waals surface area contributed by atoms with E-state index in [4.69, 9.17) is 26.8 Å². The van der Waals surface area contributed by atoms with Crippen molar-refractivity contribution in [1.82, 2.24) is 5.32 Å². The van der Waals surface area contributed by atoms with Gasteiger partial charge in [-0.05, 0) is 43.4 Å². The molecule has 1 aliphatic heterocycles. The standard InChI is InChI=1S/C16H23ClN2O3/c17-13-3-4-15(22-9-6-18)14(10-13)16(20)19-7-1-2-12-5-8-21-11-12/h3-4,10,12H,1-2,5-9,11,18H2,(H,19,20)/t12-/m0/s1. The summed E-state index contributed by atoms with van der Waals surface area (Å²) < 4.78 is 10.8. The fraction of sp³-hybridized carbons (Fsp3) is 0.562. The molecule has 0 radical (unpaired) electrons. The number of hydrogen-bond acceptors (Lipinski definition) is 4. The molecule has 0 bridgehead atoms. The minimum atomic E-state index is -0.169. The molecular formula is C16H23ClN2O3. The van der Waals surface area contributed by atoms with Gasteiger partial charge in [-0.2, -0.15) is 0 Å². The number of rotatable bonds is 8. The SMILES string of the molecule is NCCOc1ccc(Cl)cc1C(=O)NCCC[C@H]1CCOC1. The van der Waals surface area contributed by atoms with Gasteiger partial charge in [-0.25, -0.2) is 0 Å². The van der Waals surface area contributed by atoms with Gasteiger partial charge in [0.05, 0.1) is 5.56 Å². The lowest BCUT2D eigenvalue weighted by Gasteiger charge is -2.12. The number of nitrogens with one attached hydrogen (secondary N) is 1. The summed E-state index contributed by atoms with van der Waals surface area (Å²) in [6.45, 7) is 3.11. The number of amides is 1. The Hall–Kier alpha value is -1.30. The van der Waals surface area contributed by atoms with Crippen LogP contribution in [0.15, 0.2) is 18.2 Å². The second kappa shape index (κ2) is 8.98. The predicted molar refractivity (Wildman–Crippen MR) is 86.5 cm³/mol. The monoisotopic (exact) mass is 326 g/mol. The molecule has 122 valence electrons. The lowest BCUT2D eigenvalue weighted by atomic mass is 10.0. The number of carbonyl (C=O) groups is 1. The molecule has 1 amide bonds. The Morgan fingerprint density at radius 3 is 3.09 bits per heavy atom. The number of ether oxygens (including phenoxy) is 2. The van der Waals surface area contributed by atoms with Crippen LogP contribution in [0.4, 0.5) is 0 Å². The van der Waals surface area contributed by atoms with Crippen LogP contribution in [-0.2, 0) is 4.74 Å². The number of benzene rings is 1. The second-order valence-electron chi connectivity index (χ2n) is 5.41. The Morgan fingerprint density at radius 2 is 2.36 bits per heavy atom. The molecule has 5 nitrogen and oxygen atoms in total. The van der Waals surface area contributed by atoms with Crippen molar-refractivity contribution in [2.75, 3.05) is 32.9 Å². The van der Waals surface area contributed by atoms with E-state index in [0.717, 1.165) is 32.5 Å². The van der Waals surface area contributed by atoms with Crippen molar-refractivity contribution in [2.45, 2.75) is 19.3 Å². The number of carbonyl (C=O) groups excluding carboxylic acids is 1. The summed E-state index contributed by atoms with van der Waals surface area (Å²) >= 11 is 5.97. The predicted octanol–water partition coefficient (Wildman–Crippen LogP) is 2.22. The minimum Gasteiger partial charge on any atom is -0.491 e. The highest BCUT2D eigenvalue weighted by Gasteiger charge is 2.16. The fourth-order valence-electron chi connectivity index (χ4n) is 2.47. The van der Waals surface area contributed by atoms with E-state index in [1.54, 1.807) is 18.2 Å². The summed E-state index contributed by atoms with van der Waals surface area (Å²) in [5.41, 5.74) is 5.88. The van der Waals surface area contributed by atoms with Gasteiger partial charge in [0.25, 0.3) is 5.91 Å². The van der Waals surface area contributed by atoms with Crippen molar-refractivity contribution in [3.05, 3.63) is 28.8 Å². The van der Waals surface area contributed by atoms with Crippen LogP contribution in [0.3, 0.4) is 0 Å². The number of hydrogen-bond donors (Lipinski definition) is 2. The van der Waals surface area contributed by atoms with Gasteiger partial charge in [-0.3, -0.25) is 4.79 Å². The first-order valence-corrected chi connectivity index (χ1v) is 8.07. The van der Waals surface area contributed by atoms with Crippen LogP contribution in [0.1, 0.15) is 29.6 Å². The molecule has 1 aromatic carbocycles. The molecular weight excluding hydrogens is 304 g/mol. The van der Waals surface area contributed by atoms with Gasteiger partial charge in [-0.15, -0.1) is 0 Å². The van der Waals surface area contributed by atoms with Crippen molar-refractivity contribution in [2.24, 2.45) is 11.7 Å². The van der Waals surface area contributed by atoms with Crippen molar-refractivity contribution in [1.29, 1.82) is 0 Å². The maximum atomic E-state index is 12.3. The Morgan fingerprint density at radius 1 is 1.50 bits per heavy atom. The van der Waals surface area contributed by atoms with Crippen LogP contribution in [0.5, 0.6) is 5.75 Å². The van der Waals surface area contributed by atoms with Gasteiger partial charge in [0.1, 0.15) is 12.4 Å². The van der Waals surface area contributed by atoms with Crippen LogP contribution in [0.2, 0.25) is 5.02 Å². The Labute approximate surface area is 136 Å². The quantitative estimate of drug-likeness (QED) is 0.718. The summed E-state index contributed by atoms with van der Waals surface area (Å²) in [5, 5.41) is 3.43. The normalized spacial score (nSPS) is 17.5. The third-order valence-electron chi connectivity index (χ3n) is 3.66. The molecule has 1 atom stereocenters. The van der Waals surface area contributed by atoms with Crippen LogP contribution < -0.4 is 15.8 Å². The molecule has 2 rings (SSSR count). The van der Waals surface area contributed by atoms with Gasteiger partial charge in [0.2, 0.25) is 0 Å². The first kappa shape index (κ1) is 17.1. The lowest BCUT2D eigenvalue weighted by Crippen LogP contribution is -2.26. The van der Waals surface area contributed by atoms with Crippen LogP contribution in [-0.4, -0.2) is 38.8 Å². The number of nitrogens with two attached hydrogens (primary N) is 1. The molecule has 0 unspecified atom stereocenters. The molecule has 0 spiro atoms. The first-order valence-electron chi connectivity index (χ1n) is 7.69. The third kappa shape index (κ3) is 5.16. The largest absolute Gasteiger partial charge is 0.491 e. The average Bonchev–Trinajstić information content (AvgIpc) is 3.03. The van der Waals surface area contributed by atoms with Crippen molar-refractivity contribution in [3.8, 4) is 5.75 Å². The molecule has 1 aromatic rings. The van der Waals surface area contributed by atoms with Gasteiger partial charge in [-0.1, -0.05) is 11.6 Å². The zero-order valence-electron chi connectivity index (χ0n) is 12.6. The van der Waals surface area contributed by atoms with E-state index in [1.165, 1.54) is 0 Å². The molecule has 1 aliphatic rings. The van der Waals surface area contributed by atoms with Gasteiger partial charge in [0.15, 0.2) is 0 Å². The Balaban J connectivity index is 1.83. The highest BCUT2D eigenvalue weighted by atomic mass is 35.5. The second-order valence-corrected chi connectivity index (χ2v) is 5.84. The van der Waals surface area contributed by atoms with E-state index in [2.05, 4.69) is 5.32 Å². The highest BCUT2D eigenvalue weighted by molar-refractivity contribution is 6.31. The fourth-order valence-corrected chi connectivity index (χ4v) is 2.65. The minimum absolute atomic E-state index is 0.169. The molecule has 1 fully saturated rings. The van der Waals surface area contributed by atoms with Crippen molar-refractivity contribution in [3.63, 3.8) is 0 Å². The van der Waals surface area contributed by atoms with E-state index in [-0.39, 0.29) is 5.91 Å². The smallest absolute Gasteiger partial charge is 0.255 e. The number of halogens is 1. The van der Waals surface area contributed by atoms with Gasteiger partial charge in [0, 0.05) is 31.3 Å². The van der Waals surface area contributed by atoms with Crippen molar-refractivity contribution >= 4 is 17.5 Å². The van der Waals surface area contributed by atoms with E-state index in [9.17, 15) is 4.79 Å². The lowest BCUT2D eigenvalue weighted by molar-refractivity contribution is 0.0948. The van der Waals surface area contributed by atoms with E-state index >= 15 is 0 Å². The maximum Gasteiger partial charge on any atom is 0.255 e. The van der Waals surface area contributed by atoms with E-state index in [0.29, 0.717) is 41.9 Å². The summed E-state index contributed by atoms with van der Waals surface area (Å²) in [6.07, 6.45) is 3.14. The van der Waals surface area contributed by atoms with E-state index in [1.807, 2.05) is 0 Å². The molecule has 0 aliphatic carbocycles.